The maximum Gasteiger partial charge on any atom is 0.0590 e. The van der Waals surface area contributed by atoms with Crippen molar-refractivity contribution in [3.05, 3.63) is 30.3 Å². The predicted molar refractivity (Wildman–Crippen MR) is 73.3 cm³/mol. The van der Waals surface area contributed by atoms with Crippen LogP contribution in [0, 0.1) is 0 Å². The number of hydrogen-bond acceptors (Lipinski definition) is 3. The lowest BCUT2D eigenvalue weighted by atomic mass is 9.94. The number of rotatable bonds is 5. The minimum Gasteiger partial charge on any atom is -0.377 e. The summed E-state index contributed by atoms with van der Waals surface area (Å²) >= 11 is 1.85. The third-order valence-corrected chi connectivity index (χ3v) is 4.09. The maximum atomic E-state index is 5.94. The summed E-state index contributed by atoms with van der Waals surface area (Å²) in [6.45, 7) is 0.830. The largest absolute Gasteiger partial charge is 0.377 e. The third-order valence-electron chi connectivity index (χ3n) is 3.12. The van der Waals surface area contributed by atoms with Gasteiger partial charge in [-0.1, -0.05) is 18.2 Å². The monoisotopic (exact) mass is 251 g/mol. The zero-order chi connectivity index (χ0) is 11.9. The minimum absolute atomic E-state index is 0.357. The molecule has 2 N–H and O–H groups in total. The van der Waals surface area contributed by atoms with Crippen molar-refractivity contribution >= 4 is 11.8 Å². The van der Waals surface area contributed by atoms with E-state index < -0.39 is 0 Å². The summed E-state index contributed by atoms with van der Waals surface area (Å²) in [6, 6.07) is 10.8. The fourth-order valence-corrected chi connectivity index (χ4v) is 2.99. The van der Waals surface area contributed by atoms with E-state index in [2.05, 4.69) is 24.3 Å². The molecule has 2 unspecified atom stereocenters. The Morgan fingerprint density at radius 3 is 2.82 bits per heavy atom. The highest BCUT2D eigenvalue weighted by atomic mass is 32.2. The van der Waals surface area contributed by atoms with Crippen molar-refractivity contribution in [2.24, 2.45) is 5.73 Å². The van der Waals surface area contributed by atoms with E-state index in [1.165, 1.54) is 24.2 Å². The quantitative estimate of drug-likeness (QED) is 0.645. The summed E-state index contributed by atoms with van der Waals surface area (Å²) < 4.78 is 5.87. The first-order chi connectivity index (χ1) is 8.34. The maximum absolute atomic E-state index is 5.94. The van der Waals surface area contributed by atoms with Gasteiger partial charge >= 0.3 is 0 Å². The van der Waals surface area contributed by atoms with Crippen molar-refractivity contribution in [2.75, 3.05) is 12.4 Å². The lowest BCUT2D eigenvalue weighted by Crippen LogP contribution is -2.32. The summed E-state index contributed by atoms with van der Waals surface area (Å²) in [5.41, 5.74) is 5.94. The van der Waals surface area contributed by atoms with E-state index in [1.807, 2.05) is 17.8 Å². The first-order valence-electron chi connectivity index (χ1n) is 6.39. The van der Waals surface area contributed by atoms with Crippen LogP contribution >= 0.6 is 11.8 Å². The highest BCUT2D eigenvalue weighted by Gasteiger charge is 2.19. The zero-order valence-corrected chi connectivity index (χ0v) is 11.0. The van der Waals surface area contributed by atoms with Crippen LogP contribution in [0.3, 0.4) is 0 Å². The van der Waals surface area contributed by atoms with Crippen LogP contribution in [-0.2, 0) is 4.74 Å². The molecule has 0 aliphatic heterocycles. The molecule has 2 rings (SSSR count). The lowest BCUT2D eigenvalue weighted by Gasteiger charge is -2.26. The van der Waals surface area contributed by atoms with E-state index in [4.69, 9.17) is 10.5 Å². The molecule has 0 aromatic heterocycles. The number of hydrogen-bond donors (Lipinski definition) is 1. The van der Waals surface area contributed by atoms with E-state index >= 15 is 0 Å². The Hall–Kier alpha value is -0.510. The van der Waals surface area contributed by atoms with Crippen molar-refractivity contribution in [1.82, 2.24) is 0 Å². The standard InChI is InChI=1S/C14H21NOS/c15-12-5-4-6-13(11-12)16-9-10-17-14-7-2-1-3-8-14/h1-3,7-8,12-13H,4-6,9-11,15H2. The second-order valence-electron chi connectivity index (χ2n) is 4.58. The number of nitrogens with two attached hydrogens (primary N) is 1. The van der Waals surface area contributed by atoms with Gasteiger partial charge in [-0.2, -0.15) is 0 Å². The Labute approximate surface area is 108 Å². The van der Waals surface area contributed by atoms with Gasteiger partial charge < -0.3 is 10.5 Å². The van der Waals surface area contributed by atoms with E-state index in [9.17, 15) is 0 Å². The molecule has 0 heterocycles. The van der Waals surface area contributed by atoms with Crippen LogP contribution in [0.5, 0.6) is 0 Å². The fourth-order valence-electron chi connectivity index (χ4n) is 2.22. The zero-order valence-electron chi connectivity index (χ0n) is 10.2. The van der Waals surface area contributed by atoms with Gasteiger partial charge in [0.05, 0.1) is 12.7 Å². The Morgan fingerprint density at radius 1 is 1.24 bits per heavy atom. The van der Waals surface area contributed by atoms with Gasteiger partial charge in [0.1, 0.15) is 0 Å². The van der Waals surface area contributed by atoms with Gasteiger partial charge in [-0.25, -0.2) is 0 Å². The molecule has 1 aromatic rings. The van der Waals surface area contributed by atoms with Gasteiger partial charge in [0, 0.05) is 16.7 Å². The van der Waals surface area contributed by atoms with Crippen LogP contribution in [0.2, 0.25) is 0 Å². The Morgan fingerprint density at radius 2 is 2.06 bits per heavy atom. The second-order valence-corrected chi connectivity index (χ2v) is 5.75. The average molecular weight is 251 g/mol. The smallest absolute Gasteiger partial charge is 0.0590 e. The molecule has 1 saturated carbocycles. The predicted octanol–water partition coefficient (Wildman–Crippen LogP) is 3.07. The minimum atomic E-state index is 0.357. The molecular weight excluding hydrogens is 230 g/mol. The summed E-state index contributed by atoms with van der Waals surface area (Å²) in [5, 5.41) is 0. The van der Waals surface area contributed by atoms with Crippen molar-refractivity contribution in [1.29, 1.82) is 0 Å². The lowest BCUT2D eigenvalue weighted by molar-refractivity contribution is 0.0332. The Bertz CT molecular complexity index is 317. The summed E-state index contributed by atoms with van der Waals surface area (Å²) in [7, 11) is 0. The number of ether oxygens (including phenoxy) is 1. The molecule has 2 nitrogen and oxygen atoms in total. The fraction of sp³-hybridized carbons (Fsp3) is 0.571. The Kier molecular flexibility index (Phi) is 5.36. The van der Waals surface area contributed by atoms with Gasteiger partial charge in [0.15, 0.2) is 0 Å². The van der Waals surface area contributed by atoms with Gasteiger partial charge in [-0.05, 0) is 37.8 Å². The van der Waals surface area contributed by atoms with Crippen LogP contribution in [0.15, 0.2) is 35.2 Å². The summed E-state index contributed by atoms with van der Waals surface area (Å²) in [6.07, 6.45) is 5.01. The van der Waals surface area contributed by atoms with E-state index in [0.29, 0.717) is 12.1 Å². The van der Waals surface area contributed by atoms with Crippen LogP contribution in [-0.4, -0.2) is 24.5 Å². The van der Waals surface area contributed by atoms with Crippen molar-refractivity contribution in [2.45, 2.75) is 42.7 Å². The first kappa shape index (κ1) is 12.9. The third kappa shape index (κ3) is 4.70. The van der Waals surface area contributed by atoms with Crippen LogP contribution in [0.4, 0.5) is 0 Å². The van der Waals surface area contributed by atoms with E-state index in [1.54, 1.807) is 0 Å². The molecular formula is C14H21NOS. The average Bonchev–Trinajstić information content (AvgIpc) is 2.36. The molecule has 1 fully saturated rings. The molecule has 0 bridgehead atoms. The molecule has 2 atom stereocenters. The molecule has 0 radical (unpaired) electrons. The molecule has 0 spiro atoms. The number of thioether (sulfide) groups is 1. The molecule has 0 amide bonds. The molecule has 1 aliphatic carbocycles. The van der Waals surface area contributed by atoms with Crippen LogP contribution in [0.25, 0.3) is 0 Å². The summed E-state index contributed by atoms with van der Waals surface area (Å²) in [5.74, 6) is 1.02. The topological polar surface area (TPSA) is 35.2 Å². The summed E-state index contributed by atoms with van der Waals surface area (Å²) in [4.78, 5) is 1.32. The molecule has 0 saturated heterocycles. The second kappa shape index (κ2) is 7.04. The molecule has 1 aromatic carbocycles. The van der Waals surface area contributed by atoms with Gasteiger partial charge in [-0.15, -0.1) is 11.8 Å². The number of benzene rings is 1. The molecule has 3 heteroatoms. The SMILES string of the molecule is NC1CCCC(OCCSc2ccccc2)C1. The van der Waals surface area contributed by atoms with Crippen molar-refractivity contribution in [3.63, 3.8) is 0 Å². The first-order valence-corrected chi connectivity index (χ1v) is 7.38. The van der Waals surface area contributed by atoms with Crippen LogP contribution in [0.1, 0.15) is 25.7 Å². The van der Waals surface area contributed by atoms with Gasteiger partial charge in [0.25, 0.3) is 0 Å². The van der Waals surface area contributed by atoms with Gasteiger partial charge in [-0.3, -0.25) is 0 Å². The highest BCUT2D eigenvalue weighted by molar-refractivity contribution is 7.99. The normalized spacial score (nSPS) is 24.8. The Balaban J connectivity index is 1.60. The van der Waals surface area contributed by atoms with E-state index in [0.717, 1.165) is 18.8 Å². The highest BCUT2D eigenvalue weighted by Crippen LogP contribution is 2.21. The molecule has 17 heavy (non-hydrogen) atoms. The van der Waals surface area contributed by atoms with Crippen molar-refractivity contribution in [3.8, 4) is 0 Å². The van der Waals surface area contributed by atoms with Crippen LogP contribution < -0.4 is 5.73 Å². The molecule has 94 valence electrons. The van der Waals surface area contributed by atoms with E-state index in [-0.39, 0.29) is 0 Å². The van der Waals surface area contributed by atoms with Crippen molar-refractivity contribution < 1.29 is 4.74 Å². The van der Waals surface area contributed by atoms with Gasteiger partial charge in [0.2, 0.25) is 0 Å². The molecule has 1 aliphatic rings.